The number of anilines is 1. The van der Waals surface area contributed by atoms with E-state index in [1.165, 1.54) is 11.1 Å². The second-order valence-electron chi connectivity index (χ2n) is 3.93. The molecule has 0 aliphatic heterocycles. The average molecular weight is 286 g/mol. The Morgan fingerprint density at radius 2 is 1.62 bits per heavy atom. The molecule has 1 heterocycles. The molecule has 3 heteroatoms. The normalized spacial score (nSPS) is 8.62. The fourth-order valence-electron chi connectivity index (χ4n) is 1.48. The highest BCUT2D eigenvalue weighted by Crippen LogP contribution is 2.07. The van der Waals surface area contributed by atoms with Crippen LogP contribution in [0, 0.1) is 6.92 Å². The summed E-state index contributed by atoms with van der Waals surface area (Å²) in [7, 11) is 0. The van der Waals surface area contributed by atoms with Crippen molar-refractivity contribution in [1.29, 1.82) is 0 Å². The number of hydrogen-bond donors (Lipinski definition) is 1. The molecule has 0 bridgehead atoms. The number of benzene rings is 1. The van der Waals surface area contributed by atoms with Crippen LogP contribution in [0.25, 0.3) is 0 Å². The molecule has 3 nitrogen and oxygen atoms in total. The van der Waals surface area contributed by atoms with Crippen molar-refractivity contribution < 1.29 is 4.79 Å². The number of aromatic nitrogens is 1. The van der Waals surface area contributed by atoms with E-state index in [2.05, 4.69) is 41.5 Å². The number of aryl methyl sites for hydroxylation is 1. The van der Waals surface area contributed by atoms with E-state index in [0.29, 0.717) is 5.56 Å². The molecule has 0 radical (unpaired) electrons. The van der Waals surface area contributed by atoms with Crippen molar-refractivity contribution in [3.05, 3.63) is 59.3 Å². The molecule has 2 aromatic rings. The van der Waals surface area contributed by atoms with E-state index in [1.54, 1.807) is 18.3 Å². The minimum absolute atomic E-state index is 0.589. The lowest BCUT2D eigenvalue weighted by molar-refractivity contribution is 0.112. The number of nitrogens with one attached hydrogen (secondary N) is 1. The zero-order valence-corrected chi connectivity index (χ0v) is 13.7. The van der Waals surface area contributed by atoms with Gasteiger partial charge in [-0.3, -0.25) is 4.79 Å². The third-order valence-electron chi connectivity index (χ3n) is 2.52. The molecule has 0 unspecified atom stereocenters. The van der Waals surface area contributed by atoms with Crippen molar-refractivity contribution in [2.24, 2.45) is 0 Å². The summed E-state index contributed by atoms with van der Waals surface area (Å²) in [5.74, 6) is 0.774. The predicted molar refractivity (Wildman–Crippen MR) is 90.8 cm³/mol. The first-order chi connectivity index (χ1) is 10.3. The van der Waals surface area contributed by atoms with E-state index in [0.717, 1.165) is 18.6 Å². The lowest BCUT2D eigenvalue weighted by atomic mass is 10.1. The van der Waals surface area contributed by atoms with Crippen molar-refractivity contribution in [2.75, 3.05) is 5.32 Å². The van der Waals surface area contributed by atoms with Crippen LogP contribution in [0.15, 0.2) is 42.6 Å². The Morgan fingerprint density at radius 1 is 1.00 bits per heavy atom. The highest BCUT2D eigenvalue weighted by Gasteiger charge is 1.96. The number of hydrogen-bond acceptors (Lipinski definition) is 3. The van der Waals surface area contributed by atoms with Crippen molar-refractivity contribution in [1.82, 2.24) is 4.98 Å². The van der Waals surface area contributed by atoms with Crippen LogP contribution in [0.3, 0.4) is 0 Å². The standard InChI is InChI=1S/C14H14N2O.2C2H6/c1-11-2-4-12(5-3-11)8-15-14-7-6-13(10-17)9-16-14;2*1-2/h2-7,9-10H,8H2,1H3,(H,15,16);2*1-2H3. The largest absolute Gasteiger partial charge is 0.366 e. The molecule has 114 valence electrons. The van der Waals surface area contributed by atoms with Gasteiger partial charge in [0.15, 0.2) is 6.29 Å². The average Bonchev–Trinajstić information content (AvgIpc) is 2.58. The molecule has 0 saturated carbocycles. The van der Waals surface area contributed by atoms with Crippen LogP contribution in [0.2, 0.25) is 0 Å². The molecule has 0 aliphatic rings. The van der Waals surface area contributed by atoms with E-state index in [9.17, 15) is 4.79 Å². The van der Waals surface area contributed by atoms with Crippen LogP contribution in [0.5, 0.6) is 0 Å². The molecule has 0 aliphatic carbocycles. The molecule has 0 atom stereocenters. The maximum Gasteiger partial charge on any atom is 0.151 e. The van der Waals surface area contributed by atoms with E-state index < -0.39 is 0 Å². The Labute approximate surface area is 128 Å². The second-order valence-corrected chi connectivity index (χ2v) is 3.93. The van der Waals surface area contributed by atoms with Crippen LogP contribution in [0.1, 0.15) is 49.2 Å². The molecule has 0 spiro atoms. The zero-order valence-electron chi connectivity index (χ0n) is 13.7. The molecule has 21 heavy (non-hydrogen) atoms. The summed E-state index contributed by atoms with van der Waals surface area (Å²) in [6, 6.07) is 11.9. The summed E-state index contributed by atoms with van der Waals surface area (Å²) >= 11 is 0. The molecule has 1 N–H and O–H groups in total. The lowest BCUT2D eigenvalue weighted by Crippen LogP contribution is -2.01. The zero-order chi connectivity index (χ0) is 16.1. The van der Waals surface area contributed by atoms with Crippen LogP contribution >= 0.6 is 0 Å². The fraction of sp³-hybridized carbons (Fsp3) is 0.333. The van der Waals surface area contributed by atoms with Gasteiger partial charge in [0.2, 0.25) is 0 Å². The van der Waals surface area contributed by atoms with Gasteiger partial charge >= 0.3 is 0 Å². The van der Waals surface area contributed by atoms with Gasteiger partial charge in [0.25, 0.3) is 0 Å². The second kappa shape index (κ2) is 11.6. The third-order valence-corrected chi connectivity index (χ3v) is 2.52. The van der Waals surface area contributed by atoms with Crippen LogP contribution in [0.4, 0.5) is 5.82 Å². The van der Waals surface area contributed by atoms with Gasteiger partial charge in [-0.1, -0.05) is 57.5 Å². The summed E-state index contributed by atoms with van der Waals surface area (Å²) in [5.41, 5.74) is 3.05. The van der Waals surface area contributed by atoms with Gasteiger partial charge in [0, 0.05) is 18.3 Å². The number of nitrogens with zero attached hydrogens (tertiary/aromatic N) is 1. The summed E-state index contributed by atoms with van der Waals surface area (Å²) in [4.78, 5) is 14.6. The summed E-state index contributed by atoms with van der Waals surface area (Å²) in [6.07, 6.45) is 2.35. The lowest BCUT2D eigenvalue weighted by Gasteiger charge is -2.05. The molecule has 0 amide bonds. The summed E-state index contributed by atoms with van der Waals surface area (Å²) in [6.45, 7) is 10.8. The van der Waals surface area contributed by atoms with E-state index >= 15 is 0 Å². The highest BCUT2D eigenvalue weighted by atomic mass is 16.1. The molecule has 1 aromatic carbocycles. The van der Waals surface area contributed by atoms with Crippen LogP contribution in [-0.2, 0) is 6.54 Å². The van der Waals surface area contributed by atoms with Gasteiger partial charge in [0.05, 0.1) is 0 Å². The number of rotatable bonds is 4. The molecule has 0 fully saturated rings. The van der Waals surface area contributed by atoms with Crippen molar-refractivity contribution in [3.63, 3.8) is 0 Å². The molecule has 1 aromatic heterocycles. The van der Waals surface area contributed by atoms with Gasteiger partial charge < -0.3 is 5.32 Å². The first-order valence-electron chi connectivity index (χ1n) is 7.48. The number of aldehydes is 1. The molecule has 2 rings (SSSR count). The summed E-state index contributed by atoms with van der Waals surface area (Å²) < 4.78 is 0. The predicted octanol–water partition coefficient (Wildman–Crippen LogP) is 4.87. The first-order valence-corrected chi connectivity index (χ1v) is 7.48. The van der Waals surface area contributed by atoms with E-state index in [-0.39, 0.29) is 0 Å². The smallest absolute Gasteiger partial charge is 0.151 e. The number of pyridine rings is 1. The van der Waals surface area contributed by atoms with E-state index in [4.69, 9.17) is 0 Å². The van der Waals surface area contributed by atoms with Crippen molar-refractivity contribution in [2.45, 2.75) is 41.2 Å². The van der Waals surface area contributed by atoms with Crippen molar-refractivity contribution >= 4 is 12.1 Å². The van der Waals surface area contributed by atoms with Crippen LogP contribution < -0.4 is 5.32 Å². The molecule has 0 saturated heterocycles. The van der Waals surface area contributed by atoms with Gasteiger partial charge in [-0.2, -0.15) is 0 Å². The maximum absolute atomic E-state index is 10.5. The topological polar surface area (TPSA) is 42.0 Å². The van der Waals surface area contributed by atoms with Gasteiger partial charge in [-0.05, 0) is 24.6 Å². The van der Waals surface area contributed by atoms with Gasteiger partial charge in [0.1, 0.15) is 5.82 Å². The number of carbonyl (C=O) groups excluding carboxylic acids is 1. The van der Waals surface area contributed by atoms with Crippen molar-refractivity contribution in [3.8, 4) is 0 Å². The first kappa shape index (κ1) is 18.8. The minimum atomic E-state index is 0.589. The van der Waals surface area contributed by atoms with Crippen LogP contribution in [-0.4, -0.2) is 11.3 Å². The Bertz CT molecular complexity index is 490. The molecular formula is C18H26N2O. The Balaban J connectivity index is 0.000000921. The highest BCUT2D eigenvalue weighted by molar-refractivity contribution is 5.74. The molecular weight excluding hydrogens is 260 g/mol. The summed E-state index contributed by atoms with van der Waals surface area (Å²) in [5, 5.41) is 3.20. The Hall–Kier alpha value is -2.16. The van der Waals surface area contributed by atoms with Gasteiger partial charge in [-0.15, -0.1) is 0 Å². The van der Waals surface area contributed by atoms with Gasteiger partial charge in [-0.25, -0.2) is 4.98 Å². The minimum Gasteiger partial charge on any atom is -0.366 e. The van der Waals surface area contributed by atoms with E-state index in [1.807, 2.05) is 27.7 Å². The monoisotopic (exact) mass is 286 g/mol. The SMILES string of the molecule is CC.CC.Cc1ccc(CNc2ccc(C=O)cn2)cc1. The quantitative estimate of drug-likeness (QED) is 0.815. The Morgan fingerprint density at radius 3 is 2.10 bits per heavy atom. The third kappa shape index (κ3) is 7.25. The number of carbonyl (C=O) groups is 1. The Kier molecular flexibility index (Phi) is 10.5. The fourth-order valence-corrected chi connectivity index (χ4v) is 1.48. The maximum atomic E-state index is 10.5.